The van der Waals surface area contributed by atoms with Gasteiger partial charge < -0.3 is 0 Å². The van der Waals surface area contributed by atoms with Gasteiger partial charge in [-0.1, -0.05) is 13.8 Å². The number of hydrogen-bond donors (Lipinski definition) is 0. The molecule has 0 amide bonds. The summed E-state index contributed by atoms with van der Waals surface area (Å²) >= 11 is 0. The highest BCUT2D eigenvalue weighted by Crippen LogP contribution is 2.24. The second-order valence-electron chi connectivity index (χ2n) is 4.16. The molecule has 68 valence electrons. The monoisotopic (exact) mass is 168 g/mol. The van der Waals surface area contributed by atoms with Gasteiger partial charge in [-0.05, 0) is 18.3 Å². The van der Waals surface area contributed by atoms with Gasteiger partial charge in [-0.25, -0.2) is 0 Å². The average Bonchev–Trinajstić information content (AvgIpc) is 1.81. The van der Waals surface area contributed by atoms with Crippen LogP contribution in [0.15, 0.2) is 0 Å². The lowest BCUT2D eigenvalue weighted by Crippen LogP contribution is -2.23. The normalized spacial score (nSPS) is 20.6. The lowest BCUT2D eigenvalue weighted by molar-refractivity contribution is -0.131. The lowest BCUT2D eigenvalue weighted by atomic mass is 9.82. The smallest absolute Gasteiger partial charge is 0.140 e. The molecule has 0 aromatic heterocycles. The minimum absolute atomic E-state index is 0.136. The number of hydrogen-bond acceptors (Lipinski definition) is 2. The van der Waals surface area contributed by atoms with Crippen LogP contribution in [0.5, 0.6) is 0 Å². The second-order valence-corrected chi connectivity index (χ2v) is 4.16. The first-order chi connectivity index (χ1) is 5.58. The largest absolute Gasteiger partial charge is 0.299 e. The molecule has 0 radical (unpaired) electrons. The SMILES string of the molecule is CC(C)CC1CC(=O)CC(=O)C1. The third kappa shape index (κ3) is 2.76. The number of rotatable bonds is 2. The molecule has 0 spiro atoms. The highest BCUT2D eigenvalue weighted by atomic mass is 16.1. The van der Waals surface area contributed by atoms with Gasteiger partial charge in [0.25, 0.3) is 0 Å². The fourth-order valence-corrected chi connectivity index (χ4v) is 1.91. The van der Waals surface area contributed by atoms with Crippen molar-refractivity contribution in [3.63, 3.8) is 0 Å². The summed E-state index contributed by atoms with van der Waals surface area (Å²) in [5.74, 6) is 1.20. The van der Waals surface area contributed by atoms with E-state index in [-0.39, 0.29) is 18.0 Å². The van der Waals surface area contributed by atoms with Crippen molar-refractivity contribution < 1.29 is 9.59 Å². The van der Waals surface area contributed by atoms with Gasteiger partial charge in [0, 0.05) is 12.8 Å². The molecule has 12 heavy (non-hydrogen) atoms. The molecule has 0 heterocycles. The topological polar surface area (TPSA) is 34.1 Å². The zero-order valence-electron chi connectivity index (χ0n) is 7.80. The highest BCUT2D eigenvalue weighted by Gasteiger charge is 2.25. The maximum Gasteiger partial charge on any atom is 0.140 e. The Morgan fingerprint density at radius 3 is 2.17 bits per heavy atom. The van der Waals surface area contributed by atoms with Crippen LogP contribution in [0.25, 0.3) is 0 Å². The van der Waals surface area contributed by atoms with Crippen molar-refractivity contribution in [1.29, 1.82) is 0 Å². The molecule has 0 unspecified atom stereocenters. The van der Waals surface area contributed by atoms with E-state index in [2.05, 4.69) is 13.8 Å². The van der Waals surface area contributed by atoms with Gasteiger partial charge in [0.1, 0.15) is 11.6 Å². The van der Waals surface area contributed by atoms with Gasteiger partial charge in [0.05, 0.1) is 6.42 Å². The molecule has 0 atom stereocenters. The van der Waals surface area contributed by atoms with Crippen molar-refractivity contribution >= 4 is 11.6 Å². The van der Waals surface area contributed by atoms with E-state index < -0.39 is 0 Å². The van der Waals surface area contributed by atoms with E-state index in [1.165, 1.54) is 0 Å². The summed E-state index contributed by atoms with van der Waals surface area (Å²) in [6, 6.07) is 0. The molecule has 0 aromatic carbocycles. The van der Waals surface area contributed by atoms with Crippen LogP contribution < -0.4 is 0 Å². The maximum absolute atomic E-state index is 11.0. The maximum atomic E-state index is 11.0. The van der Waals surface area contributed by atoms with Crippen LogP contribution >= 0.6 is 0 Å². The van der Waals surface area contributed by atoms with E-state index in [1.54, 1.807) is 0 Å². The number of Topliss-reactive ketones (excluding diaryl/α,β-unsaturated/α-hetero) is 2. The Labute approximate surface area is 73.3 Å². The number of ketones is 2. The molecule has 0 aliphatic heterocycles. The van der Waals surface area contributed by atoms with Crippen LogP contribution in [-0.2, 0) is 9.59 Å². The van der Waals surface area contributed by atoms with Crippen LogP contribution in [0.2, 0.25) is 0 Å². The molecule has 0 aromatic rings. The fourth-order valence-electron chi connectivity index (χ4n) is 1.91. The molecular formula is C10H16O2. The van der Waals surface area contributed by atoms with Gasteiger partial charge >= 0.3 is 0 Å². The summed E-state index contributed by atoms with van der Waals surface area (Å²) in [6.07, 6.45) is 2.46. The molecule has 0 saturated heterocycles. The first-order valence-corrected chi connectivity index (χ1v) is 4.61. The number of carbonyl (C=O) groups excluding carboxylic acids is 2. The van der Waals surface area contributed by atoms with Crippen molar-refractivity contribution in [2.24, 2.45) is 11.8 Å². The van der Waals surface area contributed by atoms with E-state index in [1.807, 2.05) is 0 Å². The second kappa shape index (κ2) is 3.83. The predicted molar refractivity (Wildman–Crippen MR) is 46.8 cm³/mol. The third-order valence-electron chi connectivity index (χ3n) is 2.23. The van der Waals surface area contributed by atoms with E-state index in [9.17, 15) is 9.59 Å². The first kappa shape index (κ1) is 9.43. The standard InChI is InChI=1S/C10H16O2/c1-7(2)3-8-4-9(11)6-10(12)5-8/h7-8H,3-6H2,1-2H3. The van der Waals surface area contributed by atoms with Gasteiger partial charge in [-0.15, -0.1) is 0 Å². The van der Waals surface area contributed by atoms with Crippen LogP contribution in [0.1, 0.15) is 39.5 Å². The lowest BCUT2D eigenvalue weighted by Gasteiger charge is -2.21. The van der Waals surface area contributed by atoms with Crippen LogP contribution in [-0.4, -0.2) is 11.6 Å². The Hall–Kier alpha value is -0.660. The number of carbonyl (C=O) groups is 2. The highest BCUT2D eigenvalue weighted by molar-refractivity contribution is 6.01. The van der Waals surface area contributed by atoms with Gasteiger partial charge in [-0.2, -0.15) is 0 Å². The molecular weight excluding hydrogens is 152 g/mol. The predicted octanol–water partition coefficient (Wildman–Crippen LogP) is 1.97. The molecule has 1 rings (SSSR count). The van der Waals surface area contributed by atoms with Crippen molar-refractivity contribution in [2.45, 2.75) is 39.5 Å². The molecule has 1 aliphatic carbocycles. The molecule has 2 heteroatoms. The Morgan fingerprint density at radius 1 is 1.25 bits per heavy atom. The van der Waals surface area contributed by atoms with E-state index in [0.717, 1.165) is 6.42 Å². The van der Waals surface area contributed by atoms with E-state index in [0.29, 0.717) is 24.7 Å². The Balaban J connectivity index is 2.44. The van der Waals surface area contributed by atoms with Crippen molar-refractivity contribution in [1.82, 2.24) is 0 Å². The van der Waals surface area contributed by atoms with E-state index >= 15 is 0 Å². The van der Waals surface area contributed by atoms with E-state index in [4.69, 9.17) is 0 Å². The molecule has 0 bridgehead atoms. The molecule has 0 N–H and O–H groups in total. The Morgan fingerprint density at radius 2 is 1.75 bits per heavy atom. The molecule has 2 nitrogen and oxygen atoms in total. The Bertz CT molecular complexity index is 178. The van der Waals surface area contributed by atoms with Crippen molar-refractivity contribution in [2.75, 3.05) is 0 Å². The molecule has 1 aliphatic rings. The zero-order valence-corrected chi connectivity index (χ0v) is 7.80. The minimum Gasteiger partial charge on any atom is -0.299 e. The Kier molecular flexibility index (Phi) is 3.01. The zero-order chi connectivity index (χ0) is 9.14. The summed E-state index contributed by atoms with van der Waals surface area (Å²) in [5.41, 5.74) is 0. The summed E-state index contributed by atoms with van der Waals surface area (Å²) in [7, 11) is 0. The summed E-state index contributed by atoms with van der Waals surface area (Å²) in [4.78, 5) is 22.1. The fraction of sp³-hybridized carbons (Fsp3) is 0.800. The first-order valence-electron chi connectivity index (χ1n) is 4.61. The van der Waals surface area contributed by atoms with Gasteiger partial charge in [0.2, 0.25) is 0 Å². The van der Waals surface area contributed by atoms with Crippen LogP contribution in [0, 0.1) is 11.8 Å². The summed E-state index contributed by atoms with van der Waals surface area (Å²) in [6.45, 7) is 4.26. The van der Waals surface area contributed by atoms with Crippen molar-refractivity contribution in [3.05, 3.63) is 0 Å². The van der Waals surface area contributed by atoms with Gasteiger partial charge in [0.15, 0.2) is 0 Å². The van der Waals surface area contributed by atoms with Crippen molar-refractivity contribution in [3.8, 4) is 0 Å². The van der Waals surface area contributed by atoms with Crippen LogP contribution in [0.3, 0.4) is 0 Å². The summed E-state index contributed by atoms with van der Waals surface area (Å²) < 4.78 is 0. The molecule has 1 saturated carbocycles. The minimum atomic E-state index is 0.136. The van der Waals surface area contributed by atoms with Gasteiger partial charge in [-0.3, -0.25) is 9.59 Å². The quantitative estimate of drug-likeness (QED) is 0.591. The average molecular weight is 168 g/mol. The van der Waals surface area contributed by atoms with Crippen LogP contribution in [0.4, 0.5) is 0 Å². The third-order valence-corrected chi connectivity index (χ3v) is 2.23. The summed E-state index contributed by atoms with van der Waals surface area (Å²) in [5, 5.41) is 0. The molecule has 1 fully saturated rings.